The number of aromatic nitrogens is 2. The molecule has 5 heterocycles. The lowest BCUT2D eigenvalue weighted by Gasteiger charge is -2.28. The summed E-state index contributed by atoms with van der Waals surface area (Å²) in [5.74, 6) is 1.54. The minimum atomic E-state index is -0.271. The average molecular weight is 460 g/mol. The lowest BCUT2D eigenvalue weighted by molar-refractivity contribution is 0.216. The molecule has 1 fully saturated rings. The lowest BCUT2D eigenvalue weighted by Crippen LogP contribution is -2.49. The number of carbonyl (C=O) groups is 1. The highest BCUT2D eigenvalue weighted by molar-refractivity contribution is 6.02. The van der Waals surface area contributed by atoms with E-state index in [0.717, 1.165) is 48.1 Å². The van der Waals surface area contributed by atoms with Crippen LogP contribution in [0.4, 0.5) is 14.9 Å². The van der Waals surface area contributed by atoms with Crippen LogP contribution < -0.4 is 10.2 Å². The second-order valence-corrected chi connectivity index (χ2v) is 9.36. The molecule has 2 unspecified atom stereocenters. The van der Waals surface area contributed by atoms with E-state index in [4.69, 9.17) is 9.98 Å². The first-order valence-electron chi connectivity index (χ1n) is 11.5. The van der Waals surface area contributed by atoms with Gasteiger partial charge in [-0.1, -0.05) is 13.0 Å². The van der Waals surface area contributed by atoms with Gasteiger partial charge in [0.2, 0.25) is 0 Å². The van der Waals surface area contributed by atoms with Crippen molar-refractivity contribution >= 4 is 23.2 Å². The Balaban J connectivity index is 1.21. The third-order valence-corrected chi connectivity index (χ3v) is 6.86. The number of nitrogens with one attached hydrogen (secondary N) is 1. The number of amides is 2. The number of nitrogens with zero attached hydrogens (tertiary/aromatic N) is 6. The maximum absolute atomic E-state index is 13.5. The summed E-state index contributed by atoms with van der Waals surface area (Å²) in [6.07, 6.45) is 5.94. The van der Waals surface area contributed by atoms with Crippen LogP contribution in [0.15, 0.2) is 65.8 Å². The van der Waals surface area contributed by atoms with Crippen LogP contribution in [0.1, 0.15) is 18.2 Å². The second-order valence-electron chi connectivity index (χ2n) is 9.36. The van der Waals surface area contributed by atoms with Gasteiger partial charge < -0.3 is 9.30 Å². The fraction of sp³-hybridized carbons (Fsp3) is 0.320. The summed E-state index contributed by atoms with van der Waals surface area (Å²) in [6, 6.07) is 10.5. The van der Waals surface area contributed by atoms with Gasteiger partial charge in [-0.25, -0.2) is 19.2 Å². The number of aliphatic imine (C=N–C) groups is 1. The standard InChI is InChI=1S/C25H26FN7O/c1-16-9-18(26)6-7-21(16)32-14-23-28-24(29-25(34)33(23)15-32)20-13-30(10-17(20)2)11-19-12-31-8-4-3-5-22(31)27-19/h3-9,12,14,17,20H,10-11,13,15H2,1-2H3,(H,28,29,34). The van der Waals surface area contributed by atoms with Crippen LogP contribution in [-0.4, -0.2) is 50.8 Å². The SMILES string of the molecule is Cc1cc(F)ccc1N1C=C2N=C(C3CN(Cc4cn5ccccc5n4)CC3C)NC(=O)N2C1. The fourth-order valence-corrected chi connectivity index (χ4v) is 5.17. The normalized spacial score (nSPS) is 22.7. The number of fused-ring (bicyclic) bond motifs is 2. The minimum Gasteiger partial charge on any atom is -0.325 e. The summed E-state index contributed by atoms with van der Waals surface area (Å²) >= 11 is 0. The summed E-state index contributed by atoms with van der Waals surface area (Å²) in [7, 11) is 0. The summed E-state index contributed by atoms with van der Waals surface area (Å²) in [6.45, 7) is 6.90. The molecule has 0 aliphatic carbocycles. The summed E-state index contributed by atoms with van der Waals surface area (Å²) in [4.78, 5) is 28.4. The molecule has 174 valence electrons. The van der Waals surface area contributed by atoms with Crippen LogP contribution in [0.5, 0.6) is 0 Å². The molecular weight excluding hydrogens is 433 g/mol. The topological polar surface area (TPSA) is 68.5 Å². The van der Waals surface area contributed by atoms with Crippen LogP contribution in [-0.2, 0) is 6.54 Å². The molecule has 3 aromatic rings. The van der Waals surface area contributed by atoms with Gasteiger partial charge in [-0.05, 0) is 48.7 Å². The first kappa shape index (κ1) is 20.9. The zero-order valence-corrected chi connectivity index (χ0v) is 19.1. The molecule has 1 aromatic carbocycles. The van der Waals surface area contributed by atoms with Crippen molar-refractivity contribution in [2.24, 2.45) is 16.8 Å². The molecule has 2 atom stereocenters. The predicted octanol–water partition coefficient (Wildman–Crippen LogP) is 3.55. The van der Waals surface area contributed by atoms with Crippen molar-refractivity contribution in [3.63, 3.8) is 0 Å². The molecule has 0 bridgehead atoms. The number of amidine groups is 1. The monoisotopic (exact) mass is 459 g/mol. The van der Waals surface area contributed by atoms with E-state index >= 15 is 0 Å². The van der Waals surface area contributed by atoms with Gasteiger partial charge in [-0.15, -0.1) is 0 Å². The number of pyridine rings is 1. The number of urea groups is 1. The van der Waals surface area contributed by atoms with Gasteiger partial charge in [-0.2, -0.15) is 0 Å². The van der Waals surface area contributed by atoms with E-state index in [1.165, 1.54) is 12.1 Å². The van der Waals surface area contributed by atoms with Gasteiger partial charge in [0.05, 0.1) is 5.69 Å². The summed E-state index contributed by atoms with van der Waals surface area (Å²) in [5, 5.41) is 3.02. The summed E-state index contributed by atoms with van der Waals surface area (Å²) in [5.41, 5.74) is 3.65. The largest absolute Gasteiger partial charge is 0.329 e. The maximum Gasteiger partial charge on any atom is 0.329 e. The quantitative estimate of drug-likeness (QED) is 0.648. The van der Waals surface area contributed by atoms with Gasteiger partial charge in [0.15, 0.2) is 5.82 Å². The molecule has 3 aliphatic rings. The van der Waals surface area contributed by atoms with E-state index in [0.29, 0.717) is 18.4 Å². The van der Waals surface area contributed by atoms with Crippen molar-refractivity contribution in [2.45, 2.75) is 20.4 Å². The van der Waals surface area contributed by atoms with Crippen molar-refractivity contribution in [1.29, 1.82) is 0 Å². The molecule has 3 aliphatic heterocycles. The van der Waals surface area contributed by atoms with Gasteiger partial charge >= 0.3 is 6.03 Å². The van der Waals surface area contributed by atoms with Crippen LogP contribution in [0.3, 0.4) is 0 Å². The van der Waals surface area contributed by atoms with Gasteiger partial charge in [0.1, 0.15) is 24.0 Å². The Bertz CT molecular complexity index is 1310. The zero-order valence-electron chi connectivity index (χ0n) is 19.1. The Hall–Kier alpha value is -3.72. The first-order valence-corrected chi connectivity index (χ1v) is 11.5. The zero-order chi connectivity index (χ0) is 23.4. The smallest absolute Gasteiger partial charge is 0.325 e. The highest BCUT2D eigenvalue weighted by Crippen LogP contribution is 2.32. The van der Waals surface area contributed by atoms with Gasteiger partial charge in [-0.3, -0.25) is 15.1 Å². The van der Waals surface area contributed by atoms with E-state index in [1.807, 2.05) is 46.8 Å². The molecule has 0 radical (unpaired) electrons. The van der Waals surface area contributed by atoms with Crippen molar-refractivity contribution in [2.75, 3.05) is 24.7 Å². The first-order chi connectivity index (χ1) is 16.4. The molecule has 8 nitrogen and oxygen atoms in total. The van der Waals surface area contributed by atoms with Crippen molar-refractivity contribution in [3.05, 3.63) is 77.9 Å². The number of rotatable bonds is 4. The number of anilines is 1. The van der Waals surface area contributed by atoms with Crippen LogP contribution >= 0.6 is 0 Å². The average Bonchev–Trinajstić information content (AvgIpc) is 3.50. The number of imidazole rings is 1. The van der Waals surface area contributed by atoms with E-state index < -0.39 is 0 Å². The van der Waals surface area contributed by atoms with Crippen LogP contribution in [0.25, 0.3) is 5.65 Å². The highest BCUT2D eigenvalue weighted by Gasteiger charge is 2.39. The third kappa shape index (κ3) is 3.62. The molecule has 34 heavy (non-hydrogen) atoms. The van der Waals surface area contributed by atoms with Crippen molar-refractivity contribution < 1.29 is 9.18 Å². The van der Waals surface area contributed by atoms with E-state index in [2.05, 4.69) is 23.3 Å². The van der Waals surface area contributed by atoms with Crippen LogP contribution in [0, 0.1) is 24.6 Å². The number of hydrogen-bond donors (Lipinski definition) is 1. The van der Waals surface area contributed by atoms with E-state index in [-0.39, 0.29) is 17.8 Å². The second kappa shape index (κ2) is 7.95. The van der Waals surface area contributed by atoms with Gasteiger partial charge in [0.25, 0.3) is 0 Å². The van der Waals surface area contributed by atoms with E-state index in [1.54, 1.807) is 11.0 Å². The molecule has 0 spiro atoms. The molecule has 1 saturated heterocycles. The molecule has 6 rings (SSSR count). The molecular formula is C25H26FN7O. The number of carbonyl (C=O) groups excluding carboxylic acids is 1. The number of halogens is 1. The van der Waals surface area contributed by atoms with Crippen LogP contribution in [0.2, 0.25) is 0 Å². The Kier molecular flexibility index (Phi) is 4.88. The van der Waals surface area contributed by atoms with Crippen molar-refractivity contribution in [1.82, 2.24) is 24.5 Å². The number of benzene rings is 1. The third-order valence-electron chi connectivity index (χ3n) is 6.86. The molecule has 1 N–H and O–H groups in total. The Morgan fingerprint density at radius 3 is 2.91 bits per heavy atom. The number of likely N-dealkylation sites (tertiary alicyclic amines) is 1. The lowest BCUT2D eigenvalue weighted by atomic mass is 9.96. The minimum absolute atomic E-state index is 0.130. The Labute approximate surface area is 197 Å². The number of hydrogen-bond acceptors (Lipinski definition) is 5. The molecule has 0 saturated carbocycles. The maximum atomic E-state index is 13.5. The fourth-order valence-electron chi connectivity index (χ4n) is 5.17. The Morgan fingerprint density at radius 1 is 1.21 bits per heavy atom. The van der Waals surface area contributed by atoms with Crippen molar-refractivity contribution in [3.8, 4) is 0 Å². The molecule has 9 heteroatoms. The molecule has 2 aromatic heterocycles. The highest BCUT2D eigenvalue weighted by atomic mass is 19.1. The molecule has 2 amide bonds. The predicted molar refractivity (Wildman–Crippen MR) is 127 cm³/mol. The number of aryl methyl sites for hydroxylation is 1. The van der Waals surface area contributed by atoms with Gasteiger partial charge in [0, 0.05) is 49.8 Å². The summed E-state index contributed by atoms with van der Waals surface area (Å²) < 4.78 is 15.6. The van der Waals surface area contributed by atoms with E-state index in [9.17, 15) is 9.18 Å². The Morgan fingerprint density at radius 2 is 2.09 bits per heavy atom.